The second-order valence-electron chi connectivity index (χ2n) is 5.45. The Hall–Kier alpha value is -1.88. The minimum atomic E-state index is -1.12. The summed E-state index contributed by atoms with van der Waals surface area (Å²) in [6.45, 7) is 7.04. The van der Waals surface area contributed by atoms with Crippen molar-refractivity contribution in [3.8, 4) is 0 Å². The van der Waals surface area contributed by atoms with Crippen LogP contribution in [0, 0.1) is 13.8 Å². The molecule has 0 unspecified atom stereocenters. The minimum absolute atomic E-state index is 0.103. The van der Waals surface area contributed by atoms with Gasteiger partial charge in [-0.05, 0) is 38.8 Å². The number of anilines is 1. The summed E-state index contributed by atoms with van der Waals surface area (Å²) in [5.74, 6) is -0.764. The van der Waals surface area contributed by atoms with Crippen LogP contribution in [-0.2, 0) is 19.1 Å². The highest BCUT2D eigenvalue weighted by molar-refractivity contribution is 6.03. The van der Waals surface area contributed by atoms with Crippen LogP contribution in [0.4, 0.5) is 5.69 Å². The van der Waals surface area contributed by atoms with Gasteiger partial charge in [0.15, 0.2) is 0 Å². The summed E-state index contributed by atoms with van der Waals surface area (Å²) in [5.41, 5.74) is 1.42. The number of carbonyl (C=O) groups is 2. The predicted octanol–water partition coefficient (Wildman–Crippen LogP) is 2.23. The fourth-order valence-corrected chi connectivity index (χ4v) is 2.40. The average molecular weight is 293 g/mol. The Balaban J connectivity index is 3.46. The maximum atomic E-state index is 12.5. The third-order valence-corrected chi connectivity index (χ3v) is 3.42. The number of rotatable bonds is 5. The smallest absolute Gasteiger partial charge is 0.331 e. The van der Waals surface area contributed by atoms with Gasteiger partial charge in [0.2, 0.25) is 0 Å². The van der Waals surface area contributed by atoms with E-state index >= 15 is 0 Å². The first kappa shape index (κ1) is 17.2. The second kappa shape index (κ2) is 6.72. The summed E-state index contributed by atoms with van der Waals surface area (Å²) in [7, 11) is 2.76. The Morgan fingerprint density at radius 3 is 2.10 bits per heavy atom. The van der Waals surface area contributed by atoms with E-state index in [0.29, 0.717) is 0 Å². The summed E-state index contributed by atoms with van der Waals surface area (Å²) in [6.07, 6.45) is 0. The van der Waals surface area contributed by atoms with Gasteiger partial charge in [-0.15, -0.1) is 0 Å². The van der Waals surface area contributed by atoms with Crippen LogP contribution in [0.5, 0.6) is 0 Å². The van der Waals surface area contributed by atoms with Gasteiger partial charge >= 0.3 is 5.97 Å². The van der Waals surface area contributed by atoms with Crippen molar-refractivity contribution >= 4 is 17.6 Å². The number of carbonyl (C=O) groups excluding carboxylic acids is 2. The second-order valence-corrected chi connectivity index (χ2v) is 5.45. The summed E-state index contributed by atoms with van der Waals surface area (Å²) < 4.78 is 9.80. The van der Waals surface area contributed by atoms with Gasteiger partial charge in [0.1, 0.15) is 12.1 Å². The van der Waals surface area contributed by atoms with Crippen LogP contribution in [0.3, 0.4) is 0 Å². The zero-order valence-corrected chi connectivity index (χ0v) is 13.5. The lowest BCUT2D eigenvalue weighted by atomic mass is 9.98. The predicted molar refractivity (Wildman–Crippen MR) is 81.4 cm³/mol. The Labute approximate surface area is 125 Å². The number of hydrogen-bond donors (Lipinski definition) is 0. The first-order valence-electron chi connectivity index (χ1n) is 6.74. The molecule has 1 aromatic rings. The summed E-state index contributed by atoms with van der Waals surface area (Å²) >= 11 is 0. The molecular weight excluding hydrogens is 270 g/mol. The summed E-state index contributed by atoms with van der Waals surface area (Å²) in [6, 6.07) is 5.73. The number of methoxy groups -OCH3 is 2. The maximum Gasteiger partial charge on any atom is 0.331 e. The Morgan fingerprint density at radius 2 is 1.67 bits per heavy atom. The molecule has 0 atom stereocenters. The van der Waals surface area contributed by atoms with Crippen LogP contribution in [0.25, 0.3) is 0 Å². The molecule has 0 saturated carbocycles. The third kappa shape index (κ3) is 3.42. The van der Waals surface area contributed by atoms with Crippen LogP contribution in [0.15, 0.2) is 18.2 Å². The molecule has 0 heterocycles. The standard InChI is InChI=1S/C16H23NO4/c1-11-8-7-9-12(2)14(11)17(13(18)10-20-5)16(3,4)15(19)21-6/h7-9H,10H2,1-6H3. The molecule has 0 spiro atoms. The molecular formula is C16H23NO4. The molecule has 1 aromatic carbocycles. The van der Waals surface area contributed by atoms with E-state index in [2.05, 4.69) is 0 Å². The van der Waals surface area contributed by atoms with Crippen molar-refractivity contribution in [2.45, 2.75) is 33.2 Å². The number of ether oxygens (including phenoxy) is 2. The summed E-state index contributed by atoms with van der Waals surface area (Å²) in [5, 5.41) is 0. The van der Waals surface area contributed by atoms with E-state index in [0.717, 1.165) is 16.8 Å². The van der Waals surface area contributed by atoms with E-state index in [-0.39, 0.29) is 12.5 Å². The molecule has 0 aromatic heterocycles. The zero-order chi connectivity index (χ0) is 16.2. The monoisotopic (exact) mass is 293 g/mol. The number of para-hydroxylation sites is 1. The largest absolute Gasteiger partial charge is 0.467 e. The van der Waals surface area contributed by atoms with Gasteiger partial charge in [-0.25, -0.2) is 4.79 Å². The van der Waals surface area contributed by atoms with Crippen molar-refractivity contribution in [2.24, 2.45) is 0 Å². The molecule has 1 rings (SSSR count). The minimum Gasteiger partial charge on any atom is -0.467 e. The summed E-state index contributed by atoms with van der Waals surface area (Å²) in [4.78, 5) is 26.1. The first-order valence-corrected chi connectivity index (χ1v) is 6.74. The molecule has 0 radical (unpaired) electrons. The lowest BCUT2D eigenvalue weighted by Crippen LogP contribution is -2.55. The Morgan fingerprint density at radius 1 is 1.14 bits per heavy atom. The number of nitrogens with zero attached hydrogens (tertiary/aromatic N) is 1. The Kier molecular flexibility index (Phi) is 5.49. The number of benzene rings is 1. The fourth-order valence-electron chi connectivity index (χ4n) is 2.40. The van der Waals surface area contributed by atoms with E-state index in [4.69, 9.17) is 9.47 Å². The molecule has 0 bridgehead atoms. The van der Waals surface area contributed by atoms with Gasteiger partial charge in [0.25, 0.3) is 5.91 Å². The Bertz CT molecular complexity index is 517. The molecule has 5 heteroatoms. The number of esters is 1. The quantitative estimate of drug-likeness (QED) is 0.781. The molecule has 0 N–H and O–H groups in total. The van der Waals surface area contributed by atoms with Crippen molar-refractivity contribution in [1.82, 2.24) is 0 Å². The highest BCUT2D eigenvalue weighted by Crippen LogP contribution is 2.31. The molecule has 0 aliphatic rings. The van der Waals surface area contributed by atoms with Crippen molar-refractivity contribution in [1.29, 1.82) is 0 Å². The van der Waals surface area contributed by atoms with Crippen molar-refractivity contribution in [3.63, 3.8) is 0 Å². The van der Waals surface area contributed by atoms with Gasteiger partial charge in [-0.3, -0.25) is 9.69 Å². The van der Waals surface area contributed by atoms with Gasteiger partial charge < -0.3 is 9.47 Å². The molecule has 0 aliphatic carbocycles. The van der Waals surface area contributed by atoms with Crippen LogP contribution in [0.1, 0.15) is 25.0 Å². The molecule has 0 fully saturated rings. The van der Waals surface area contributed by atoms with E-state index in [1.54, 1.807) is 13.8 Å². The van der Waals surface area contributed by atoms with Crippen molar-refractivity contribution in [2.75, 3.05) is 25.7 Å². The molecule has 21 heavy (non-hydrogen) atoms. The fraction of sp³-hybridized carbons (Fsp3) is 0.500. The van der Waals surface area contributed by atoms with E-state index in [1.807, 2.05) is 32.0 Å². The van der Waals surface area contributed by atoms with Gasteiger partial charge in [-0.2, -0.15) is 0 Å². The van der Waals surface area contributed by atoms with E-state index < -0.39 is 11.5 Å². The van der Waals surface area contributed by atoms with Gasteiger partial charge in [-0.1, -0.05) is 18.2 Å². The van der Waals surface area contributed by atoms with Crippen LogP contribution < -0.4 is 4.90 Å². The van der Waals surface area contributed by atoms with Gasteiger partial charge in [0, 0.05) is 7.11 Å². The van der Waals surface area contributed by atoms with Gasteiger partial charge in [0.05, 0.1) is 12.8 Å². The molecule has 0 saturated heterocycles. The van der Waals surface area contributed by atoms with E-state index in [9.17, 15) is 9.59 Å². The van der Waals surface area contributed by atoms with Crippen LogP contribution >= 0.6 is 0 Å². The number of amides is 1. The molecule has 116 valence electrons. The molecule has 0 aliphatic heterocycles. The SMILES string of the molecule is COCC(=O)N(c1c(C)cccc1C)C(C)(C)C(=O)OC. The topological polar surface area (TPSA) is 55.8 Å². The van der Waals surface area contributed by atoms with E-state index in [1.165, 1.54) is 19.1 Å². The normalized spacial score (nSPS) is 11.1. The van der Waals surface area contributed by atoms with Crippen molar-refractivity contribution < 1.29 is 19.1 Å². The molecule has 1 amide bonds. The first-order chi connectivity index (χ1) is 9.77. The maximum absolute atomic E-state index is 12.5. The average Bonchev–Trinajstić information content (AvgIpc) is 2.41. The van der Waals surface area contributed by atoms with Crippen molar-refractivity contribution in [3.05, 3.63) is 29.3 Å². The number of hydrogen-bond acceptors (Lipinski definition) is 4. The third-order valence-electron chi connectivity index (χ3n) is 3.42. The van der Waals surface area contributed by atoms with Crippen LogP contribution in [0.2, 0.25) is 0 Å². The lowest BCUT2D eigenvalue weighted by Gasteiger charge is -2.37. The van der Waals surface area contributed by atoms with Crippen LogP contribution in [-0.4, -0.2) is 38.2 Å². The highest BCUT2D eigenvalue weighted by atomic mass is 16.5. The lowest BCUT2D eigenvalue weighted by molar-refractivity contribution is -0.147. The zero-order valence-electron chi connectivity index (χ0n) is 13.5. The molecule has 5 nitrogen and oxygen atoms in total. The number of aryl methyl sites for hydroxylation is 2. The highest BCUT2D eigenvalue weighted by Gasteiger charge is 2.41.